The molecule has 0 aliphatic heterocycles. The van der Waals surface area contributed by atoms with Gasteiger partial charge in [-0.15, -0.1) is 14.8 Å². The van der Waals surface area contributed by atoms with Gasteiger partial charge < -0.3 is 5.32 Å². The van der Waals surface area contributed by atoms with E-state index in [4.69, 9.17) is 0 Å². The summed E-state index contributed by atoms with van der Waals surface area (Å²) >= 11 is 0. The van der Waals surface area contributed by atoms with Gasteiger partial charge in [0.15, 0.2) is 5.65 Å². The van der Waals surface area contributed by atoms with Gasteiger partial charge >= 0.3 is 0 Å². The predicted octanol–water partition coefficient (Wildman–Crippen LogP) is 1.27. The predicted molar refractivity (Wildman–Crippen MR) is 82.0 cm³/mol. The van der Waals surface area contributed by atoms with Gasteiger partial charge in [-0.1, -0.05) is 12.1 Å². The fourth-order valence-corrected chi connectivity index (χ4v) is 2.29. The summed E-state index contributed by atoms with van der Waals surface area (Å²) in [5, 5.41) is 22.9. The summed E-state index contributed by atoms with van der Waals surface area (Å²) in [5.74, 6) is 0.706. The molecule has 0 spiro atoms. The van der Waals surface area contributed by atoms with Crippen LogP contribution in [0.4, 0.5) is 5.82 Å². The van der Waals surface area contributed by atoms with Crippen LogP contribution in [0.15, 0.2) is 49.1 Å². The van der Waals surface area contributed by atoms with E-state index in [1.165, 1.54) is 11.0 Å². The first-order valence-electron chi connectivity index (χ1n) is 7.06. The van der Waals surface area contributed by atoms with E-state index in [9.17, 15) is 0 Å². The minimum Gasteiger partial charge on any atom is -0.362 e. The molecule has 3 heterocycles. The number of tetrazole rings is 1. The minimum atomic E-state index is 0.0845. The molecule has 0 aliphatic rings. The zero-order valence-corrected chi connectivity index (χ0v) is 12.3. The van der Waals surface area contributed by atoms with Crippen LogP contribution in [-0.4, -0.2) is 40.0 Å². The molecule has 114 valence electrons. The summed E-state index contributed by atoms with van der Waals surface area (Å²) in [6, 6.07) is 11.8. The lowest BCUT2D eigenvalue weighted by Crippen LogP contribution is -2.10. The number of anilines is 1. The fraction of sp³-hybridized carbons (Fsp3) is 0.143. The molecular formula is C14H13N9. The van der Waals surface area contributed by atoms with Crippen molar-refractivity contribution in [3.8, 4) is 5.69 Å². The lowest BCUT2D eigenvalue weighted by molar-refractivity contribution is 0.728. The second-order valence-corrected chi connectivity index (χ2v) is 5.04. The second kappa shape index (κ2) is 5.44. The van der Waals surface area contributed by atoms with Crippen molar-refractivity contribution >= 4 is 11.5 Å². The molecule has 0 saturated carbocycles. The van der Waals surface area contributed by atoms with Gasteiger partial charge in [-0.3, -0.25) is 0 Å². The number of aromatic nitrogens is 8. The topological polar surface area (TPSA) is 98.7 Å². The van der Waals surface area contributed by atoms with Crippen LogP contribution < -0.4 is 5.32 Å². The summed E-state index contributed by atoms with van der Waals surface area (Å²) in [6.45, 7) is 2.07. The second-order valence-electron chi connectivity index (χ2n) is 5.04. The molecule has 23 heavy (non-hydrogen) atoms. The molecule has 0 radical (unpaired) electrons. The Bertz CT molecular complexity index is 911. The van der Waals surface area contributed by atoms with Crippen molar-refractivity contribution in [3.05, 3.63) is 54.6 Å². The Morgan fingerprint density at radius 2 is 1.96 bits per heavy atom. The highest BCUT2D eigenvalue weighted by molar-refractivity contribution is 5.44. The van der Waals surface area contributed by atoms with Gasteiger partial charge in [0.05, 0.1) is 11.7 Å². The maximum Gasteiger partial charge on any atom is 0.200 e. The van der Waals surface area contributed by atoms with Gasteiger partial charge in [-0.25, -0.2) is 9.67 Å². The van der Waals surface area contributed by atoms with Gasteiger partial charge in [0.1, 0.15) is 18.5 Å². The quantitative estimate of drug-likeness (QED) is 0.606. The molecule has 4 aromatic rings. The highest BCUT2D eigenvalue weighted by Gasteiger charge is 2.08. The zero-order chi connectivity index (χ0) is 15.6. The van der Waals surface area contributed by atoms with Crippen molar-refractivity contribution in [1.82, 2.24) is 40.0 Å². The highest BCUT2D eigenvalue weighted by Crippen LogP contribution is 2.19. The largest absolute Gasteiger partial charge is 0.362 e. The first-order valence-corrected chi connectivity index (χ1v) is 7.06. The van der Waals surface area contributed by atoms with Crippen molar-refractivity contribution < 1.29 is 0 Å². The normalized spacial score (nSPS) is 12.4. The Balaban J connectivity index is 1.53. The van der Waals surface area contributed by atoms with Gasteiger partial charge in [0.25, 0.3) is 0 Å². The molecule has 0 aliphatic carbocycles. The molecule has 0 bridgehead atoms. The Labute approximate surface area is 131 Å². The summed E-state index contributed by atoms with van der Waals surface area (Å²) in [6.07, 6.45) is 3.18. The Hall–Kier alpha value is -3.36. The van der Waals surface area contributed by atoms with E-state index in [0.717, 1.165) is 11.3 Å². The van der Waals surface area contributed by atoms with Crippen molar-refractivity contribution in [2.24, 2.45) is 0 Å². The smallest absolute Gasteiger partial charge is 0.200 e. The van der Waals surface area contributed by atoms with Crippen molar-refractivity contribution in [3.63, 3.8) is 0 Å². The molecule has 9 nitrogen and oxygen atoms in total. The van der Waals surface area contributed by atoms with Gasteiger partial charge in [-0.2, -0.15) is 5.10 Å². The third kappa shape index (κ3) is 2.59. The molecule has 4 rings (SSSR count). The van der Waals surface area contributed by atoms with Crippen LogP contribution in [-0.2, 0) is 0 Å². The number of fused-ring (bicyclic) bond motifs is 1. The SMILES string of the molecule is CC(Nc1ccc2nnnn2n1)c1ccc(-n2cncn2)cc1. The molecule has 1 atom stereocenters. The fourth-order valence-electron chi connectivity index (χ4n) is 2.29. The molecule has 1 aromatic carbocycles. The first kappa shape index (κ1) is 13.3. The summed E-state index contributed by atoms with van der Waals surface area (Å²) < 4.78 is 3.11. The number of nitrogens with one attached hydrogen (secondary N) is 1. The van der Waals surface area contributed by atoms with Crippen LogP contribution in [0, 0.1) is 0 Å². The van der Waals surface area contributed by atoms with Gasteiger partial charge in [0, 0.05) is 0 Å². The molecule has 1 N–H and O–H groups in total. The van der Waals surface area contributed by atoms with E-state index in [1.54, 1.807) is 11.0 Å². The number of nitrogens with zero attached hydrogens (tertiary/aromatic N) is 8. The highest BCUT2D eigenvalue weighted by atomic mass is 15.6. The molecule has 3 aromatic heterocycles. The zero-order valence-electron chi connectivity index (χ0n) is 12.3. The summed E-state index contributed by atoms with van der Waals surface area (Å²) in [5.41, 5.74) is 2.71. The lowest BCUT2D eigenvalue weighted by Gasteiger charge is -2.15. The standard InChI is InChI=1S/C14H13N9/c1-10(17-13-6-7-14-18-20-21-23(14)19-13)11-2-4-12(5-3-11)22-9-15-8-16-22/h2-10H,1H3,(H,17,19). The van der Waals surface area contributed by atoms with Crippen molar-refractivity contribution in [2.45, 2.75) is 13.0 Å². The van der Waals surface area contributed by atoms with E-state index in [-0.39, 0.29) is 6.04 Å². The average Bonchev–Trinajstić information content (AvgIpc) is 3.26. The van der Waals surface area contributed by atoms with Crippen molar-refractivity contribution in [1.29, 1.82) is 0 Å². The van der Waals surface area contributed by atoms with Crippen LogP contribution in [0.2, 0.25) is 0 Å². The first-order chi connectivity index (χ1) is 11.3. The maximum absolute atomic E-state index is 4.31. The van der Waals surface area contributed by atoms with E-state index in [0.29, 0.717) is 11.5 Å². The Morgan fingerprint density at radius 3 is 2.74 bits per heavy atom. The molecule has 0 fully saturated rings. The van der Waals surface area contributed by atoms with E-state index < -0.39 is 0 Å². The Kier molecular flexibility index (Phi) is 3.15. The van der Waals surface area contributed by atoms with E-state index >= 15 is 0 Å². The van der Waals surface area contributed by atoms with Gasteiger partial charge in [0.2, 0.25) is 0 Å². The van der Waals surface area contributed by atoms with Crippen molar-refractivity contribution in [2.75, 3.05) is 5.32 Å². The van der Waals surface area contributed by atoms with Crippen LogP contribution >= 0.6 is 0 Å². The third-order valence-corrected chi connectivity index (χ3v) is 3.51. The minimum absolute atomic E-state index is 0.0845. The maximum atomic E-state index is 4.31. The average molecular weight is 307 g/mol. The monoisotopic (exact) mass is 307 g/mol. The lowest BCUT2D eigenvalue weighted by atomic mass is 10.1. The molecule has 0 amide bonds. The van der Waals surface area contributed by atoms with Crippen LogP contribution in [0.25, 0.3) is 11.3 Å². The molecule has 0 saturated heterocycles. The van der Waals surface area contributed by atoms with Crippen LogP contribution in [0.1, 0.15) is 18.5 Å². The molecule has 9 heteroatoms. The number of hydrogen-bond acceptors (Lipinski definition) is 7. The van der Waals surface area contributed by atoms with Crippen LogP contribution in [0.5, 0.6) is 0 Å². The number of hydrogen-bond donors (Lipinski definition) is 1. The van der Waals surface area contributed by atoms with E-state index in [2.05, 4.69) is 42.9 Å². The summed E-state index contributed by atoms with van der Waals surface area (Å²) in [4.78, 5) is 3.95. The molecular weight excluding hydrogens is 294 g/mol. The summed E-state index contributed by atoms with van der Waals surface area (Å²) in [7, 11) is 0. The Morgan fingerprint density at radius 1 is 1.09 bits per heavy atom. The van der Waals surface area contributed by atoms with Gasteiger partial charge in [-0.05, 0) is 47.2 Å². The number of rotatable bonds is 4. The van der Waals surface area contributed by atoms with E-state index in [1.807, 2.05) is 36.4 Å². The number of benzene rings is 1. The third-order valence-electron chi connectivity index (χ3n) is 3.51. The molecule has 1 unspecified atom stereocenters. The van der Waals surface area contributed by atoms with Crippen LogP contribution in [0.3, 0.4) is 0 Å².